The summed E-state index contributed by atoms with van der Waals surface area (Å²) >= 11 is 0. The van der Waals surface area contributed by atoms with Crippen LogP contribution >= 0.6 is 0 Å². The molecule has 1 aromatic heterocycles. The summed E-state index contributed by atoms with van der Waals surface area (Å²) in [6, 6.07) is 4.69. The van der Waals surface area contributed by atoms with Crippen molar-refractivity contribution in [2.75, 3.05) is 5.32 Å². The van der Waals surface area contributed by atoms with E-state index in [0.717, 1.165) is 12.1 Å². The Bertz CT molecular complexity index is 1140. The van der Waals surface area contributed by atoms with Gasteiger partial charge in [0.25, 0.3) is 5.91 Å². The van der Waals surface area contributed by atoms with Crippen molar-refractivity contribution in [3.8, 4) is 5.75 Å². The van der Waals surface area contributed by atoms with Gasteiger partial charge in [-0.3, -0.25) is 4.79 Å². The normalized spacial score (nSPS) is 11.5. The highest BCUT2D eigenvalue weighted by Crippen LogP contribution is 2.38. The molecular weight excluding hydrogens is 456 g/mol. The molecule has 170 valence electrons. The number of carbonyl (C=O) groups excluding carboxylic acids is 1. The predicted octanol–water partition coefficient (Wildman–Crippen LogP) is 5.53. The van der Waals surface area contributed by atoms with E-state index in [9.17, 15) is 39.9 Å². The fraction of sp³-hybridized carbons (Fsp3) is 0.158. The second-order valence-corrected chi connectivity index (χ2v) is 6.27. The van der Waals surface area contributed by atoms with Crippen LogP contribution in [0.3, 0.4) is 0 Å². The Kier molecular flexibility index (Phi) is 6.10. The van der Waals surface area contributed by atoms with Crippen molar-refractivity contribution >= 4 is 11.6 Å². The monoisotopic (exact) mass is 466 g/mol. The minimum absolute atomic E-state index is 0.0167. The molecule has 0 saturated carbocycles. The van der Waals surface area contributed by atoms with Gasteiger partial charge in [0.05, 0.1) is 5.56 Å². The summed E-state index contributed by atoms with van der Waals surface area (Å²) in [5, 5.41) is 4.81. The Labute approximate surface area is 173 Å². The third-order valence-corrected chi connectivity index (χ3v) is 4.18. The Morgan fingerprint density at radius 3 is 2.09 bits per heavy atom. The van der Waals surface area contributed by atoms with Crippen molar-refractivity contribution in [1.82, 2.24) is 5.16 Å². The third kappa shape index (κ3) is 4.36. The molecule has 13 heteroatoms. The van der Waals surface area contributed by atoms with E-state index in [-0.39, 0.29) is 17.1 Å². The van der Waals surface area contributed by atoms with E-state index in [2.05, 4.69) is 5.16 Å². The van der Waals surface area contributed by atoms with Crippen LogP contribution in [0.1, 0.15) is 27.4 Å². The number of hydrogen-bond donors (Lipinski definition) is 1. The number of anilines is 1. The highest BCUT2D eigenvalue weighted by atomic mass is 19.4. The first-order chi connectivity index (χ1) is 14.9. The number of nitrogens with zero attached hydrogens (tertiary/aromatic N) is 1. The van der Waals surface area contributed by atoms with Gasteiger partial charge in [-0.15, -0.1) is 0 Å². The minimum Gasteiger partial charge on any atom is -0.489 e. The van der Waals surface area contributed by atoms with Crippen molar-refractivity contribution < 1.29 is 49.2 Å². The number of aryl methyl sites for hydroxylation is 1. The molecule has 1 N–H and O–H groups in total. The summed E-state index contributed by atoms with van der Waals surface area (Å²) in [4.78, 5) is 12.4. The van der Waals surface area contributed by atoms with Crippen LogP contribution in [0.2, 0.25) is 0 Å². The molecular formula is C19H10F8N2O3. The molecule has 32 heavy (non-hydrogen) atoms. The van der Waals surface area contributed by atoms with Crippen molar-refractivity contribution in [3.05, 3.63) is 75.9 Å². The van der Waals surface area contributed by atoms with E-state index in [4.69, 9.17) is 9.26 Å². The predicted molar refractivity (Wildman–Crippen MR) is 91.2 cm³/mol. The van der Waals surface area contributed by atoms with Gasteiger partial charge in [-0.2, -0.15) is 13.2 Å². The number of rotatable bonds is 5. The molecule has 3 rings (SSSR count). The van der Waals surface area contributed by atoms with E-state index >= 15 is 0 Å². The second kappa shape index (κ2) is 8.48. The number of benzene rings is 2. The average molecular weight is 466 g/mol. The van der Waals surface area contributed by atoms with Crippen LogP contribution in [0.15, 0.2) is 28.8 Å². The molecule has 0 saturated heterocycles. The zero-order valence-corrected chi connectivity index (χ0v) is 15.7. The van der Waals surface area contributed by atoms with Crippen LogP contribution in [-0.4, -0.2) is 11.1 Å². The molecule has 0 aliphatic carbocycles. The molecule has 0 atom stereocenters. The summed E-state index contributed by atoms with van der Waals surface area (Å²) < 4.78 is 117. The number of halogens is 8. The van der Waals surface area contributed by atoms with Gasteiger partial charge in [0.1, 0.15) is 35.2 Å². The van der Waals surface area contributed by atoms with Gasteiger partial charge >= 0.3 is 6.18 Å². The zero-order valence-electron chi connectivity index (χ0n) is 15.7. The maximum Gasteiger partial charge on any atom is 0.422 e. The number of ether oxygens (including phenoxy) is 1. The largest absolute Gasteiger partial charge is 0.489 e. The third-order valence-electron chi connectivity index (χ3n) is 4.18. The van der Waals surface area contributed by atoms with Crippen LogP contribution in [0.4, 0.5) is 40.8 Å². The SMILES string of the molecule is Cc1onc(C(=O)Nc2c(F)c(F)c(C(F)(F)F)c(F)c2F)c1COc1ccc(F)cc1. The van der Waals surface area contributed by atoms with Crippen LogP contribution < -0.4 is 10.1 Å². The van der Waals surface area contributed by atoms with Crippen LogP contribution in [0, 0.1) is 36.0 Å². The topological polar surface area (TPSA) is 64.4 Å². The lowest BCUT2D eigenvalue weighted by Crippen LogP contribution is -2.21. The van der Waals surface area contributed by atoms with Gasteiger partial charge in [-0.05, 0) is 31.2 Å². The van der Waals surface area contributed by atoms with Gasteiger partial charge in [-0.25, -0.2) is 22.0 Å². The molecule has 2 aromatic carbocycles. The number of aromatic nitrogens is 1. The lowest BCUT2D eigenvalue weighted by molar-refractivity contribution is -0.143. The number of nitrogens with one attached hydrogen (secondary N) is 1. The molecule has 0 fully saturated rings. The Balaban J connectivity index is 1.89. The maximum absolute atomic E-state index is 14.0. The molecule has 1 amide bonds. The van der Waals surface area contributed by atoms with E-state index in [1.807, 2.05) is 0 Å². The quantitative estimate of drug-likeness (QED) is 0.397. The molecule has 3 aromatic rings. The second-order valence-electron chi connectivity index (χ2n) is 6.27. The van der Waals surface area contributed by atoms with Crippen molar-refractivity contribution in [3.63, 3.8) is 0 Å². The van der Waals surface area contributed by atoms with Crippen molar-refractivity contribution in [2.24, 2.45) is 0 Å². The first-order valence-corrected chi connectivity index (χ1v) is 8.49. The molecule has 0 bridgehead atoms. The van der Waals surface area contributed by atoms with Gasteiger partial charge in [-0.1, -0.05) is 5.16 Å². The van der Waals surface area contributed by atoms with Crippen LogP contribution in [0.5, 0.6) is 5.75 Å². The van der Waals surface area contributed by atoms with E-state index < -0.39 is 64.7 Å². The summed E-state index contributed by atoms with van der Waals surface area (Å²) in [5.41, 5.74) is -5.25. The van der Waals surface area contributed by atoms with Gasteiger partial charge in [0.2, 0.25) is 0 Å². The summed E-state index contributed by atoms with van der Waals surface area (Å²) in [6.07, 6.45) is -5.73. The molecule has 0 aliphatic rings. The first kappa shape index (κ1) is 23.0. The minimum atomic E-state index is -5.73. The molecule has 1 heterocycles. The smallest absolute Gasteiger partial charge is 0.422 e. The van der Waals surface area contributed by atoms with Crippen LogP contribution in [-0.2, 0) is 12.8 Å². The summed E-state index contributed by atoms with van der Waals surface area (Å²) in [6.45, 7) is 0.941. The van der Waals surface area contributed by atoms with E-state index in [0.29, 0.717) is 0 Å². The molecule has 0 aliphatic heterocycles. The standard InChI is InChI=1S/C19H10F8N2O3/c1-7-10(6-31-9-4-2-8(20)3-5-9)16(29-32-7)18(30)28-17-14(23)12(21)11(19(25,26)27)13(22)15(17)24/h2-5H,6H2,1H3,(H,28,30). The number of alkyl halides is 3. The number of amides is 1. The lowest BCUT2D eigenvalue weighted by atomic mass is 10.1. The zero-order chi connectivity index (χ0) is 23.8. The number of carbonyl (C=O) groups is 1. The Morgan fingerprint density at radius 2 is 1.56 bits per heavy atom. The lowest BCUT2D eigenvalue weighted by Gasteiger charge is -2.14. The van der Waals surface area contributed by atoms with Crippen LogP contribution in [0.25, 0.3) is 0 Å². The summed E-state index contributed by atoms with van der Waals surface area (Å²) in [7, 11) is 0. The fourth-order valence-electron chi connectivity index (χ4n) is 2.59. The van der Waals surface area contributed by atoms with Gasteiger partial charge in [0, 0.05) is 0 Å². The van der Waals surface area contributed by atoms with Gasteiger partial charge in [0.15, 0.2) is 29.0 Å². The van der Waals surface area contributed by atoms with E-state index in [1.165, 1.54) is 24.4 Å². The molecule has 0 spiro atoms. The number of hydrogen-bond acceptors (Lipinski definition) is 4. The first-order valence-electron chi connectivity index (χ1n) is 8.49. The van der Waals surface area contributed by atoms with E-state index in [1.54, 1.807) is 0 Å². The highest BCUT2D eigenvalue weighted by Gasteiger charge is 2.42. The highest BCUT2D eigenvalue weighted by molar-refractivity contribution is 6.04. The maximum atomic E-state index is 14.0. The Hall–Kier alpha value is -3.64. The van der Waals surface area contributed by atoms with Crippen molar-refractivity contribution in [1.29, 1.82) is 0 Å². The molecule has 0 unspecified atom stereocenters. The Morgan fingerprint density at radius 1 is 1.00 bits per heavy atom. The summed E-state index contributed by atoms with van der Waals surface area (Å²) in [5.74, 6) is -12.2. The molecule has 0 radical (unpaired) electrons. The van der Waals surface area contributed by atoms with Gasteiger partial charge < -0.3 is 14.6 Å². The molecule has 5 nitrogen and oxygen atoms in total. The fourth-order valence-corrected chi connectivity index (χ4v) is 2.59. The average Bonchev–Trinajstić information content (AvgIpc) is 3.09. The van der Waals surface area contributed by atoms with Crippen molar-refractivity contribution in [2.45, 2.75) is 19.7 Å².